The minimum absolute atomic E-state index is 0.0840. The Bertz CT molecular complexity index is 781. The molecule has 1 saturated carbocycles. The zero-order chi connectivity index (χ0) is 18.9. The van der Waals surface area contributed by atoms with E-state index in [1.54, 1.807) is 30.3 Å². The summed E-state index contributed by atoms with van der Waals surface area (Å²) in [7, 11) is -3.41. The summed E-state index contributed by atoms with van der Waals surface area (Å²) in [6.45, 7) is 4.15. The van der Waals surface area contributed by atoms with Crippen molar-refractivity contribution in [2.75, 3.05) is 12.3 Å². The maximum Gasteiger partial charge on any atom is 0.325 e. The van der Waals surface area contributed by atoms with Crippen molar-refractivity contribution in [1.29, 1.82) is 0 Å². The molecule has 0 radical (unpaired) electrons. The summed E-state index contributed by atoms with van der Waals surface area (Å²) in [5.41, 5.74) is -0.826. The Kier molecular flexibility index (Phi) is 5.10. The van der Waals surface area contributed by atoms with Crippen molar-refractivity contribution in [2.24, 2.45) is 11.8 Å². The first-order valence-corrected chi connectivity index (χ1v) is 10.9. The lowest BCUT2D eigenvalue weighted by atomic mass is 9.67. The molecule has 1 N–H and O–H groups in total. The Labute approximate surface area is 154 Å². The third kappa shape index (κ3) is 3.13. The van der Waals surface area contributed by atoms with Gasteiger partial charge in [0.2, 0.25) is 0 Å². The summed E-state index contributed by atoms with van der Waals surface area (Å²) < 4.78 is 24.7. The number of amides is 3. The number of sulfone groups is 1. The number of hydrogen-bond acceptors (Lipinski definition) is 4. The molecule has 3 amide bonds. The number of nitrogens with one attached hydrogen (secondary N) is 1. The van der Waals surface area contributed by atoms with Crippen LogP contribution in [-0.2, 0) is 14.6 Å². The lowest BCUT2D eigenvalue weighted by Gasteiger charge is -2.42. The van der Waals surface area contributed by atoms with Gasteiger partial charge in [-0.2, -0.15) is 0 Å². The van der Waals surface area contributed by atoms with Crippen molar-refractivity contribution < 1.29 is 18.0 Å². The minimum atomic E-state index is -3.41. The number of hydrogen-bond donors (Lipinski definition) is 1. The van der Waals surface area contributed by atoms with Gasteiger partial charge in [-0.1, -0.05) is 38.5 Å². The van der Waals surface area contributed by atoms with Crippen molar-refractivity contribution in [3.63, 3.8) is 0 Å². The Hall–Kier alpha value is -1.89. The normalized spacial score (nSPS) is 25.5. The van der Waals surface area contributed by atoms with Crippen LogP contribution in [0, 0.1) is 11.8 Å². The fourth-order valence-electron chi connectivity index (χ4n) is 4.31. The largest absolute Gasteiger partial charge is 0.325 e. The maximum absolute atomic E-state index is 13.0. The zero-order valence-electron chi connectivity index (χ0n) is 15.3. The van der Waals surface area contributed by atoms with Crippen LogP contribution in [0.3, 0.4) is 0 Å². The second-order valence-electron chi connectivity index (χ2n) is 7.47. The number of carbonyl (C=O) groups is 2. The molecule has 0 aromatic heterocycles. The number of nitrogens with zero attached hydrogens (tertiary/aromatic N) is 1. The highest BCUT2D eigenvalue weighted by Crippen LogP contribution is 2.42. The monoisotopic (exact) mass is 378 g/mol. The average molecular weight is 378 g/mol. The van der Waals surface area contributed by atoms with Gasteiger partial charge in [-0.15, -0.1) is 0 Å². The fraction of sp³-hybridized carbons (Fsp3) is 0.579. The molecule has 26 heavy (non-hydrogen) atoms. The molecular weight excluding hydrogens is 352 g/mol. The van der Waals surface area contributed by atoms with Gasteiger partial charge in [0, 0.05) is 6.54 Å². The van der Waals surface area contributed by atoms with E-state index in [9.17, 15) is 18.0 Å². The highest BCUT2D eigenvalue weighted by Gasteiger charge is 2.58. The summed E-state index contributed by atoms with van der Waals surface area (Å²) >= 11 is 0. The van der Waals surface area contributed by atoms with E-state index in [-0.39, 0.29) is 41.4 Å². The SMILES string of the molecule is C[C@H]1CCC[C@H](C)C12NC(=O)N(CCCS(=O)(=O)c1ccccc1)C2=O. The molecular formula is C19H26N2O4S. The molecule has 2 fully saturated rings. The molecule has 1 aromatic rings. The second kappa shape index (κ2) is 7.02. The molecule has 1 saturated heterocycles. The van der Waals surface area contributed by atoms with E-state index in [4.69, 9.17) is 0 Å². The van der Waals surface area contributed by atoms with Gasteiger partial charge in [0.25, 0.3) is 5.91 Å². The summed E-state index contributed by atoms with van der Waals surface area (Å²) in [5, 5.41) is 2.94. The first-order chi connectivity index (χ1) is 12.3. The van der Waals surface area contributed by atoms with Crippen LogP contribution in [-0.4, -0.2) is 43.1 Å². The van der Waals surface area contributed by atoms with E-state index < -0.39 is 21.4 Å². The topological polar surface area (TPSA) is 83.6 Å². The van der Waals surface area contributed by atoms with Gasteiger partial charge >= 0.3 is 6.03 Å². The summed E-state index contributed by atoms with van der Waals surface area (Å²) in [5.74, 6) is -0.118. The van der Waals surface area contributed by atoms with Crippen LogP contribution in [0.25, 0.3) is 0 Å². The molecule has 1 spiro atoms. The van der Waals surface area contributed by atoms with Crippen molar-refractivity contribution in [2.45, 2.75) is 50.0 Å². The number of imide groups is 1. The van der Waals surface area contributed by atoms with Gasteiger partial charge in [-0.25, -0.2) is 13.2 Å². The quantitative estimate of drug-likeness (QED) is 0.798. The average Bonchev–Trinajstić information content (AvgIpc) is 2.86. The first kappa shape index (κ1) is 18.9. The van der Waals surface area contributed by atoms with Crippen LogP contribution in [0.2, 0.25) is 0 Å². The molecule has 6 nitrogen and oxygen atoms in total. The summed E-state index contributed by atoms with van der Waals surface area (Å²) in [6.07, 6.45) is 3.11. The molecule has 3 rings (SSSR count). The van der Waals surface area contributed by atoms with Crippen molar-refractivity contribution in [1.82, 2.24) is 10.2 Å². The summed E-state index contributed by atoms with van der Waals surface area (Å²) in [4.78, 5) is 26.9. The molecule has 0 unspecified atom stereocenters. The smallest absolute Gasteiger partial charge is 0.323 e. The first-order valence-electron chi connectivity index (χ1n) is 9.21. The van der Waals surface area contributed by atoms with Crippen molar-refractivity contribution >= 4 is 21.8 Å². The predicted octanol–water partition coefficient (Wildman–Crippen LogP) is 2.60. The van der Waals surface area contributed by atoms with E-state index in [1.807, 2.05) is 13.8 Å². The third-order valence-electron chi connectivity index (χ3n) is 5.88. The summed E-state index contributed by atoms with van der Waals surface area (Å²) in [6, 6.07) is 7.85. The number of carbonyl (C=O) groups excluding carboxylic acids is 2. The standard InChI is InChI=1S/C19H26N2O4S/c1-14-8-6-9-15(2)19(14)17(22)21(18(23)20-19)12-7-13-26(24,25)16-10-4-3-5-11-16/h3-5,10-11,14-15H,6-9,12-13H2,1-2H3,(H,20,23)/t14-,15-/m0/s1. The van der Waals surface area contributed by atoms with Gasteiger partial charge in [0.1, 0.15) is 5.54 Å². The minimum Gasteiger partial charge on any atom is -0.323 e. The van der Waals surface area contributed by atoms with Crippen LogP contribution in [0.15, 0.2) is 35.2 Å². The van der Waals surface area contributed by atoms with E-state index >= 15 is 0 Å². The number of urea groups is 1. The van der Waals surface area contributed by atoms with Crippen LogP contribution in [0.5, 0.6) is 0 Å². The highest BCUT2D eigenvalue weighted by atomic mass is 32.2. The fourth-order valence-corrected chi connectivity index (χ4v) is 5.63. The van der Waals surface area contributed by atoms with Gasteiger partial charge in [-0.3, -0.25) is 9.69 Å². The molecule has 1 aliphatic carbocycles. The Morgan fingerprint density at radius 2 is 1.73 bits per heavy atom. The second-order valence-corrected chi connectivity index (χ2v) is 9.58. The van der Waals surface area contributed by atoms with Crippen molar-refractivity contribution in [3.05, 3.63) is 30.3 Å². The zero-order valence-corrected chi connectivity index (χ0v) is 16.1. The van der Waals surface area contributed by atoms with Gasteiger partial charge in [0.15, 0.2) is 9.84 Å². The molecule has 0 bridgehead atoms. The van der Waals surface area contributed by atoms with Crippen LogP contribution in [0.1, 0.15) is 39.5 Å². The number of rotatable bonds is 5. The Morgan fingerprint density at radius 1 is 1.12 bits per heavy atom. The third-order valence-corrected chi connectivity index (χ3v) is 7.70. The van der Waals surface area contributed by atoms with E-state index in [2.05, 4.69) is 5.32 Å². The molecule has 1 aromatic carbocycles. The molecule has 1 heterocycles. The van der Waals surface area contributed by atoms with Gasteiger partial charge < -0.3 is 5.32 Å². The van der Waals surface area contributed by atoms with Crippen molar-refractivity contribution in [3.8, 4) is 0 Å². The Morgan fingerprint density at radius 3 is 2.35 bits per heavy atom. The van der Waals surface area contributed by atoms with E-state index in [1.165, 1.54) is 4.90 Å². The van der Waals surface area contributed by atoms with Gasteiger partial charge in [-0.05, 0) is 43.2 Å². The lowest BCUT2D eigenvalue weighted by Crippen LogP contribution is -2.58. The van der Waals surface area contributed by atoms with E-state index in [0.29, 0.717) is 0 Å². The van der Waals surface area contributed by atoms with Crippen LogP contribution < -0.4 is 5.32 Å². The Balaban J connectivity index is 1.67. The van der Waals surface area contributed by atoms with Crippen LogP contribution in [0.4, 0.5) is 4.79 Å². The molecule has 1 aliphatic heterocycles. The van der Waals surface area contributed by atoms with E-state index in [0.717, 1.165) is 19.3 Å². The maximum atomic E-state index is 13.0. The molecule has 2 atom stereocenters. The lowest BCUT2D eigenvalue weighted by molar-refractivity contribution is -0.136. The number of benzene rings is 1. The highest BCUT2D eigenvalue weighted by molar-refractivity contribution is 7.91. The molecule has 2 aliphatic rings. The predicted molar refractivity (Wildman–Crippen MR) is 98.3 cm³/mol. The van der Waals surface area contributed by atoms with Crippen LogP contribution >= 0.6 is 0 Å². The van der Waals surface area contributed by atoms with Gasteiger partial charge in [0.05, 0.1) is 10.6 Å². The molecule has 142 valence electrons. The molecule has 7 heteroatoms.